The Kier molecular flexibility index (Phi) is 7.49. The predicted molar refractivity (Wildman–Crippen MR) is 235 cm³/mol. The van der Waals surface area contributed by atoms with Gasteiger partial charge in [0.1, 0.15) is 0 Å². The van der Waals surface area contributed by atoms with Gasteiger partial charge in [-0.25, -0.2) is 0 Å². The lowest BCUT2D eigenvalue weighted by atomic mass is 9.97. The van der Waals surface area contributed by atoms with Crippen LogP contribution < -0.4 is 0 Å². The summed E-state index contributed by atoms with van der Waals surface area (Å²) in [5.74, 6) is 0. The second-order valence-electron chi connectivity index (χ2n) is 14.4. The highest BCUT2D eigenvalue weighted by atomic mass is 15.0. The second kappa shape index (κ2) is 13.1. The molecule has 3 nitrogen and oxygen atoms in total. The van der Waals surface area contributed by atoms with E-state index < -0.39 is 0 Å². The van der Waals surface area contributed by atoms with E-state index in [0.717, 1.165) is 44.8 Å². The van der Waals surface area contributed by atoms with Gasteiger partial charge in [-0.1, -0.05) is 152 Å². The molecule has 0 amide bonds. The van der Waals surface area contributed by atoms with Crippen LogP contribution in [0.3, 0.4) is 0 Å². The Morgan fingerprint density at radius 1 is 0.321 bits per heavy atom. The first-order valence-electron chi connectivity index (χ1n) is 19.1. The molecule has 0 N–H and O–H groups in total. The summed E-state index contributed by atoms with van der Waals surface area (Å²) in [5.41, 5.74) is 15.9. The Hall–Kier alpha value is -7.49. The van der Waals surface area contributed by atoms with Crippen LogP contribution >= 0.6 is 0 Å². The van der Waals surface area contributed by atoms with Crippen LogP contribution in [0.25, 0.3) is 99.6 Å². The fourth-order valence-corrected chi connectivity index (χ4v) is 8.58. The summed E-state index contributed by atoms with van der Waals surface area (Å²) < 4.78 is 4.79. The molecule has 0 atom stereocenters. The largest absolute Gasteiger partial charge is 0.309 e. The lowest BCUT2D eigenvalue weighted by Crippen LogP contribution is -1.98. The number of pyridine rings is 1. The highest BCUT2D eigenvalue weighted by molar-refractivity contribution is 6.19. The van der Waals surface area contributed by atoms with Crippen LogP contribution in [0, 0.1) is 0 Å². The molecule has 3 heterocycles. The van der Waals surface area contributed by atoms with Gasteiger partial charge in [0.05, 0.1) is 27.8 Å². The second-order valence-corrected chi connectivity index (χ2v) is 14.4. The van der Waals surface area contributed by atoms with Gasteiger partial charge in [0, 0.05) is 50.2 Å². The molecule has 0 bridgehead atoms. The minimum atomic E-state index is 0.959. The van der Waals surface area contributed by atoms with Crippen LogP contribution in [-0.2, 0) is 0 Å². The quantitative estimate of drug-likeness (QED) is 0.168. The van der Waals surface area contributed by atoms with E-state index in [-0.39, 0.29) is 0 Å². The fourth-order valence-electron chi connectivity index (χ4n) is 8.58. The van der Waals surface area contributed by atoms with Gasteiger partial charge in [0.25, 0.3) is 0 Å². The highest BCUT2D eigenvalue weighted by Gasteiger charge is 2.22. The van der Waals surface area contributed by atoms with Crippen LogP contribution in [0.15, 0.2) is 212 Å². The van der Waals surface area contributed by atoms with Gasteiger partial charge in [0.15, 0.2) is 0 Å². The zero-order valence-electron chi connectivity index (χ0n) is 30.5. The molecule has 0 fully saturated rings. The van der Waals surface area contributed by atoms with Gasteiger partial charge in [-0.2, -0.15) is 0 Å². The smallest absolute Gasteiger partial charge is 0.0949 e. The summed E-state index contributed by atoms with van der Waals surface area (Å²) in [6, 6.07) is 74.1. The van der Waals surface area contributed by atoms with Crippen LogP contribution in [0.1, 0.15) is 0 Å². The number of rotatable bonds is 6. The minimum absolute atomic E-state index is 0.959. The van der Waals surface area contributed by atoms with E-state index in [1.807, 2.05) is 0 Å². The van der Waals surface area contributed by atoms with E-state index in [1.165, 1.54) is 54.8 Å². The van der Waals surface area contributed by atoms with Crippen molar-refractivity contribution in [3.05, 3.63) is 212 Å². The SMILES string of the molecule is c1ccc(-c2ccc(-n3c4ccc(-c5ccc6c(c5)c5ccccc5n6-c5ccccc5)cc4c4c(-c5ccccc5)cnc(-c5ccccc5)c43)cc2)cc1. The molecule has 3 aromatic heterocycles. The minimum Gasteiger partial charge on any atom is -0.309 e. The molecule has 0 saturated carbocycles. The van der Waals surface area contributed by atoms with Crippen molar-refractivity contribution >= 4 is 43.6 Å². The third-order valence-corrected chi connectivity index (χ3v) is 11.2. The molecule has 0 aliphatic heterocycles. The molecule has 0 unspecified atom stereocenters. The molecular weight excluding hydrogens is 679 g/mol. The summed E-state index contributed by atoms with van der Waals surface area (Å²) in [6.07, 6.45) is 2.07. The van der Waals surface area contributed by atoms with E-state index in [4.69, 9.17) is 4.98 Å². The zero-order valence-corrected chi connectivity index (χ0v) is 30.5. The molecule has 0 spiro atoms. The molecule has 56 heavy (non-hydrogen) atoms. The van der Waals surface area contributed by atoms with Crippen molar-refractivity contribution in [1.29, 1.82) is 0 Å². The van der Waals surface area contributed by atoms with E-state index in [1.54, 1.807) is 0 Å². The summed E-state index contributed by atoms with van der Waals surface area (Å²) in [7, 11) is 0. The molecule has 11 rings (SSSR count). The predicted octanol–water partition coefficient (Wildman–Crippen LogP) is 13.9. The third-order valence-electron chi connectivity index (χ3n) is 11.2. The van der Waals surface area contributed by atoms with Crippen molar-refractivity contribution < 1.29 is 0 Å². The molecule has 8 aromatic carbocycles. The first-order chi connectivity index (χ1) is 27.8. The van der Waals surface area contributed by atoms with E-state index in [2.05, 4.69) is 222 Å². The number of aromatic nitrogens is 3. The maximum absolute atomic E-state index is 5.25. The number of fused-ring (bicyclic) bond motifs is 6. The Morgan fingerprint density at radius 3 is 1.48 bits per heavy atom. The third kappa shape index (κ3) is 5.17. The Bertz CT molecular complexity index is 3200. The first kappa shape index (κ1) is 32.0. The number of para-hydroxylation sites is 2. The number of nitrogens with zero attached hydrogens (tertiary/aromatic N) is 3. The van der Waals surface area contributed by atoms with Gasteiger partial charge >= 0.3 is 0 Å². The topological polar surface area (TPSA) is 22.8 Å². The number of hydrogen-bond donors (Lipinski definition) is 0. The first-order valence-corrected chi connectivity index (χ1v) is 19.1. The summed E-state index contributed by atoms with van der Waals surface area (Å²) >= 11 is 0. The van der Waals surface area contributed by atoms with Gasteiger partial charge in [-0.3, -0.25) is 4.98 Å². The van der Waals surface area contributed by atoms with Crippen molar-refractivity contribution in [3.63, 3.8) is 0 Å². The Labute approximate surface area is 325 Å². The van der Waals surface area contributed by atoms with Gasteiger partial charge in [-0.05, 0) is 82.4 Å². The van der Waals surface area contributed by atoms with E-state index in [9.17, 15) is 0 Å². The maximum Gasteiger partial charge on any atom is 0.0949 e. The Balaban J connectivity index is 1.19. The molecule has 11 aromatic rings. The normalized spacial score (nSPS) is 11.6. The molecule has 0 aliphatic rings. The van der Waals surface area contributed by atoms with Crippen LogP contribution in [0.4, 0.5) is 0 Å². The van der Waals surface area contributed by atoms with Crippen LogP contribution in [-0.4, -0.2) is 14.1 Å². The number of benzene rings is 8. The lowest BCUT2D eigenvalue weighted by Gasteiger charge is -2.13. The average Bonchev–Trinajstić information content (AvgIpc) is 3.80. The van der Waals surface area contributed by atoms with E-state index >= 15 is 0 Å². The molecule has 0 aliphatic carbocycles. The van der Waals surface area contributed by atoms with Crippen LogP contribution in [0.5, 0.6) is 0 Å². The molecule has 0 saturated heterocycles. The molecular formula is C53H35N3. The average molecular weight is 714 g/mol. The Morgan fingerprint density at radius 2 is 0.804 bits per heavy atom. The summed E-state index contributed by atoms with van der Waals surface area (Å²) in [6.45, 7) is 0. The van der Waals surface area contributed by atoms with Crippen molar-refractivity contribution in [2.24, 2.45) is 0 Å². The molecule has 3 heteroatoms. The van der Waals surface area contributed by atoms with Crippen molar-refractivity contribution in [2.75, 3.05) is 0 Å². The summed E-state index contributed by atoms with van der Waals surface area (Å²) in [4.78, 5) is 5.25. The summed E-state index contributed by atoms with van der Waals surface area (Å²) in [5, 5.41) is 4.86. The molecule has 0 radical (unpaired) electrons. The van der Waals surface area contributed by atoms with Gasteiger partial charge < -0.3 is 9.13 Å². The van der Waals surface area contributed by atoms with Crippen LogP contribution in [0.2, 0.25) is 0 Å². The maximum atomic E-state index is 5.25. The van der Waals surface area contributed by atoms with Crippen molar-refractivity contribution in [3.8, 4) is 56.0 Å². The monoisotopic (exact) mass is 713 g/mol. The van der Waals surface area contributed by atoms with Gasteiger partial charge in [-0.15, -0.1) is 0 Å². The highest BCUT2D eigenvalue weighted by Crippen LogP contribution is 2.44. The van der Waals surface area contributed by atoms with Gasteiger partial charge in [0.2, 0.25) is 0 Å². The van der Waals surface area contributed by atoms with Crippen molar-refractivity contribution in [1.82, 2.24) is 14.1 Å². The standard InChI is InChI=1S/C53H35N3/c1-5-15-36(16-6-1)37-25-29-43(30-26-37)56-50-32-28-41(40-27-31-49-45(33-40)44-23-13-14-24-48(44)55(49)42-21-11-4-12-22-42)34-46(50)51-47(38-17-7-2-8-18-38)35-54-52(53(51)56)39-19-9-3-10-20-39/h1-35H. The molecule has 262 valence electrons. The number of hydrogen-bond acceptors (Lipinski definition) is 1. The van der Waals surface area contributed by atoms with Crippen molar-refractivity contribution in [2.45, 2.75) is 0 Å². The zero-order chi connectivity index (χ0) is 37.0. The van der Waals surface area contributed by atoms with E-state index in [0.29, 0.717) is 0 Å². The lowest BCUT2D eigenvalue weighted by molar-refractivity contribution is 1.17. The fraction of sp³-hybridized carbons (Fsp3) is 0.